The summed E-state index contributed by atoms with van der Waals surface area (Å²) in [6.45, 7) is 0.841. The highest BCUT2D eigenvalue weighted by atomic mass is 79.9. The fourth-order valence-corrected chi connectivity index (χ4v) is 3.75. The van der Waals surface area contributed by atoms with Crippen LogP contribution in [-0.4, -0.2) is 12.5 Å². The number of carbonyl (C=O) groups excluding carboxylic acids is 1. The van der Waals surface area contributed by atoms with Crippen molar-refractivity contribution in [2.45, 2.75) is 19.4 Å². The Bertz CT molecular complexity index is 1140. The zero-order valence-corrected chi connectivity index (χ0v) is 19.7. The predicted octanol–water partition coefficient (Wildman–Crippen LogP) is 6.34. The van der Waals surface area contributed by atoms with Gasteiger partial charge in [-0.15, -0.1) is 0 Å². The van der Waals surface area contributed by atoms with Gasteiger partial charge in [-0.2, -0.15) is 5.26 Å². The number of carbonyl (C=O) groups is 1. The van der Waals surface area contributed by atoms with Crippen LogP contribution in [0.5, 0.6) is 5.75 Å². The van der Waals surface area contributed by atoms with Crippen LogP contribution in [0, 0.1) is 11.3 Å². The quantitative estimate of drug-likeness (QED) is 0.208. The van der Waals surface area contributed by atoms with E-state index in [1.165, 1.54) is 5.56 Å². The van der Waals surface area contributed by atoms with E-state index in [1.54, 1.807) is 18.2 Å². The van der Waals surface area contributed by atoms with Gasteiger partial charge < -0.3 is 10.1 Å². The van der Waals surface area contributed by atoms with Crippen LogP contribution in [0.2, 0.25) is 5.02 Å². The van der Waals surface area contributed by atoms with Gasteiger partial charge in [0.1, 0.15) is 24.0 Å². The maximum absolute atomic E-state index is 12.4. The Morgan fingerprint density at radius 3 is 2.56 bits per heavy atom. The lowest BCUT2D eigenvalue weighted by Crippen LogP contribution is -2.25. The Hall–Kier alpha value is -3.07. The van der Waals surface area contributed by atoms with Gasteiger partial charge in [-0.25, -0.2) is 0 Å². The molecular weight excluding hydrogens is 488 g/mol. The molecule has 32 heavy (non-hydrogen) atoms. The molecule has 0 spiro atoms. The zero-order chi connectivity index (χ0) is 22.8. The molecule has 0 saturated heterocycles. The first-order valence-electron chi connectivity index (χ1n) is 10.2. The van der Waals surface area contributed by atoms with E-state index in [1.807, 2.05) is 54.6 Å². The number of hydrogen-bond acceptors (Lipinski definition) is 3. The first kappa shape index (κ1) is 23.6. The van der Waals surface area contributed by atoms with Gasteiger partial charge >= 0.3 is 0 Å². The third-order valence-corrected chi connectivity index (χ3v) is 5.73. The Kier molecular flexibility index (Phi) is 8.91. The van der Waals surface area contributed by atoms with Crippen LogP contribution < -0.4 is 10.1 Å². The second kappa shape index (κ2) is 12.1. The van der Waals surface area contributed by atoms with Gasteiger partial charge in [-0.3, -0.25) is 4.79 Å². The van der Waals surface area contributed by atoms with Gasteiger partial charge in [0, 0.05) is 17.1 Å². The van der Waals surface area contributed by atoms with E-state index in [9.17, 15) is 10.1 Å². The van der Waals surface area contributed by atoms with Crippen molar-refractivity contribution in [3.05, 3.63) is 105 Å². The summed E-state index contributed by atoms with van der Waals surface area (Å²) < 4.78 is 6.56. The van der Waals surface area contributed by atoms with Crippen LogP contribution in [0.25, 0.3) is 6.08 Å². The lowest BCUT2D eigenvalue weighted by molar-refractivity contribution is -0.117. The summed E-state index contributed by atoms with van der Waals surface area (Å²) in [5.41, 5.74) is 2.89. The van der Waals surface area contributed by atoms with E-state index >= 15 is 0 Å². The molecule has 0 atom stereocenters. The number of nitriles is 1. The summed E-state index contributed by atoms with van der Waals surface area (Å²) in [5, 5.41) is 12.9. The van der Waals surface area contributed by atoms with Gasteiger partial charge in [0.2, 0.25) is 0 Å². The Morgan fingerprint density at radius 2 is 1.84 bits per heavy atom. The Morgan fingerprint density at radius 1 is 1.09 bits per heavy atom. The van der Waals surface area contributed by atoms with Crippen molar-refractivity contribution in [2.24, 2.45) is 0 Å². The predicted molar refractivity (Wildman–Crippen MR) is 131 cm³/mol. The molecule has 0 bridgehead atoms. The van der Waals surface area contributed by atoms with Crippen molar-refractivity contribution in [1.29, 1.82) is 5.26 Å². The molecule has 0 heterocycles. The molecule has 3 aromatic rings. The van der Waals surface area contributed by atoms with Crippen LogP contribution in [0.15, 0.2) is 82.8 Å². The molecule has 162 valence electrons. The third kappa shape index (κ3) is 6.98. The SMILES string of the molecule is N#C/C(=C/c1ccc(OCc2ccccc2Cl)c(Br)c1)C(=O)NCCCc1ccccc1. The molecule has 6 heteroatoms. The number of benzene rings is 3. The maximum Gasteiger partial charge on any atom is 0.261 e. The Labute approximate surface area is 201 Å². The second-order valence-electron chi connectivity index (χ2n) is 7.08. The van der Waals surface area contributed by atoms with Gasteiger partial charge in [0.25, 0.3) is 5.91 Å². The van der Waals surface area contributed by atoms with Crippen LogP contribution in [0.4, 0.5) is 0 Å². The highest BCUT2D eigenvalue weighted by molar-refractivity contribution is 9.10. The highest BCUT2D eigenvalue weighted by Gasteiger charge is 2.10. The molecule has 1 amide bonds. The summed E-state index contributed by atoms with van der Waals surface area (Å²) in [6, 6.07) is 25.0. The first-order chi connectivity index (χ1) is 15.6. The average molecular weight is 510 g/mol. The molecule has 1 N–H and O–H groups in total. The van der Waals surface area contributed by atoms with Crippen molar-refractivity contribution in [3.63, 3.8) is 0 Å². The minimum absolute atomic E-state index is 0.0568. The number of amides is 1. The second-order valence-corrected chi connectivity index (χ2v) is 8.35. The largest absolute Gasteiger partial charge is 0.488 e. The van der Waals surface area contributed by atoms with Crippen molar-refractivity contribution in [3.8, 4) is 11.8 Å². The lowest BCUT2D eigenvalue weighted by Gasteiger charge is -2.10. The molecular formula is C26H22BrClN2O2. The van der Waals surface area contributed by atoms with Crippen LogP contribution in [0.3, 0.4) is 0 Å². The molecule has 0 aliphatic heterocycles. The van der Waals surface area contributed by atoms with Crippen molar-refractivity contribution < 1.29 is 9.53 Å². The topological polar surface area (TPSA) is 62.1 Å². The van der Waals surface area contributed by atoms with Gasteiger partial charge in [0.15, 0.2) is 0 Å². The number of hydrogen-bond donors (Lipinski definition) is 1. The molecule has 0 saturated carbocycles. The van der Waals surface area contributed by atoms with E-state index in [0.717, 1.165) is 28.4 Å². The van der Waals surface area contributed by atoms with Crippen molar-refractivity contribution >= 4 is 39.5 Å². The number of nitrogens with one attached hydrogen (secondary N) is 1. The van der Waals surface area contributed by atoms with E-state index in [2.05, 4.69) is 33.4 Å². The number of aryl methyl sites for hydroxylation is 1. The van der Waals surface area contributed by atoms with E-state index in [4.69, 9.17) is 16.3 Å². The molecule has 0 radical (unpaired) electrons. The standard InChI is InChI=1S/C26H22BrClN2O2/c27-23-16-20(12-13-25(23)32-18-21-10-4-5-11-24(21)28)15-22(17-29)26(31)30-14-6-9-19-7-2-1-3-8-19/h1-5,7-8,10-13,15-16H,6,9,14,18H2,(H,30,31)/b22-15-. The molecule has 3 rings (SSSR count). The summed E-state index contributed by atoms with van der Waals surface area (Å²) in [5.74, 6) is 0.265. The van der Waals surface area contributed by atoms with Crippen LogP contribution in [0.1, 0.15) is 23.1 Å². The van der Waals surface area contributed by atoms with Gasteiger partial charge in [-0.05, 0) is 64.2 Å². The number of halogens is 2. The monoisotopic (exact) mass is 508 g/mol. The van der Waals surface area contributed by atoms with Gasteiger partial charge in [-0.1, -0.05) is 66.2 Å². The lowest BCUT2D eigenvalue weighted by atomic mass is 10.1. The summed E-state index contributed by atoms with van der Waals surface area (Å²) >= 11 is 9.66. The summed E-state index contributed by atoms with van der Waals surface area (Å²) in [7, 11) is 0. The molecule has 0 aromatic heterocycles. The number of nitrogens with zero attached hydrogens (tertiary/aromatic N) is 1. The number of rotatable bonds is 9. The van der Waals surface area contributed by atoms with Crippen molar-refractivity contribution in [2.75, 3.05) is 6.54 Å². The summed E-state index contributed by atoms with van der Waals surface area (Å²) in [4.78, 5) is 12.4. The van der Waals surface area contributed by atoms with Gasteiger partial charge in [0.05, 0.1) is 4.47 Å². The fraction of sp³-hybridized carbons (Fsp3) is 0.154. The van der Waals surface area contributed by atoms with E-state index in [0.29, 0.717) is 23.9 Å². The molecule has 0 unspecified atom stereocenters. The fourth-order valence-electron chi connectivity index (χ4n) is 3.04. The van der Waals surface area contributed by atoms with E-state index < -0.39 is 0 Å². The van der Waals surface area contributed by atoms with Crippen molar-refractivity contribution in [1.82, 2.24) is 5.32 Å². The smallest absolute Gasteiger partial charge is 0.261 e. The third-order valence-electron chi connectivity index (χ3n) is 4.74. The molecule has 4 nitrogen and oxygen atoms in total. The molecule has 3 aromatic carbocycles. The van der Waals surface area contributed by atoms with Crippen LogP contribution >= 0.6 is 27.5 Å². The molecule has 0 fully saturated rings. The average Bonchev–Trinajstić information content (AvgIpc) is 2.81. The summed E-state index contributed by atoms with van der Waals surface area (Å²) in [6.07, 6.45) is 3.24. The number of ether oxygens (including phenoxy) is 1. The first-order valence-corrected chi connectivity index (χ1v) is 11.3. The van der Waals surface area contributed by atoms with E-state index in [-0.39, 0.29) is 11.5 Å². The normalized spacial score (nSPS) is 11.0. The highest BCUT2D eigenvalue weighted by Crippen LogP contribution is 2.28. The minimum Gasteiger partial charge on any atom is -0.488 e. The minimum atomic E-state index is -0.379. The Balaban J connectivity index is 1.56. The zero-order valence-electron chi connectivity index (χ0n) is 17.4. The van der Waals surface area contributed by atoms with Crippen LogP contribution in [-0.2, 0) is 17.8 Å². The maximum atomic E-state index is 12.4. The molecule has 0 aliphatic carbocycles. The molecule has 0 aliphatic rings.